The van der Waals surface area contributed by atoms with E-state index in [-0.39, 0.29) is 42.8 Å². The molecule has 10 nitrogen and oxygen atoms in total. The lowest BCUT2D eigenvalue weighted by Crippen LogP contribution is -2.46. The molecular weight excluding hydrogens is 656 g/mol. The molecule has 2 saturated heterocycles. The number of rotatable bonds is 13. The molecule has 2 heterocycles. The summed E-state index contributed by atoms with van der Waals surface area (Å²) in [5.74, 6) is -2.10. The van der Waals surface area contributed by atoms with E-state index in [2.05, 4.69) is 22.6 Å². The van der Waals surface area contributed by atoms with Crippen LogP contribution in [0.5, 0.6) is 11.5 Å². The Balaban J connectivity index is 1.51. The summed E-state index contributed by atoms with van der Waals surface area (Å²) in [6.07, 6.45) is 5.26. The minimum absolute atomic E-state index is 0.0687. The Morgan fingerprint density at radius 3 is 2.62 bits per heavy atom. The molecule has 42 heavy (non-hydrogen) atoms. The fourth-order valence-electron chi connectivity index (χ4n) is 6.63. The molecule has 4 rings (SSSR count). The molecule has 0 aromatic heterocycles. The Morgan fingerprint density at radius 1 is 1.17 bits per heavy atom. The molecule has 1 aliphatic carbocycles. The van der Waals surface area contributed by atoms with Crippen LogP contribution in [0.25, 0.3) is 6.08 Å². The maximum Gasteiger partial charge on any atom is 0.455 e. The molecule has 3 N–H and O–H groups in total. The second-order valence-corrected chi connectivity index (χ2v) is 12.5. The van der Waals surface area contributed by atoms with Crippen LogP contribution in [-0.2, 0) is 23.8 Å². The van der Waals surface area contributed by atoms with Crippen molar-refractivity contribution >= 4 is 53.6 Å². The summed E-state index contributed by atoms with van der Waals surface area (Å²) in [5, 5.41) is 29.8. The second-order valence-electron chi connectivity index (χ2n) is 11.4. The number of likely N-dealkylation sites (tertiary alicyclic amines) is 1. The summed E-state index contributed by atoms with van der Waals surface area (Å²) >= 11 is 2.06. The zero-order valence-corrected chi connectivity index (χ0v) is 26.5. The number of phenols is 1. The Labute approximate surface area is 260 Å². The second kappa shape index (κ2) is 14.4. The van der Waals surface area contributed by atoms with Crippen LogP contribution in [0, 0.1) is 21.3 Å². The van der Waals surface area contributed by atoms with E-state index in [0.717, 1.165) is 22.3 Å². The quantitative estimate of drug-likeness (QED) is 0.0907. The predicted molar refractivity (Wildman–Crippen MR) is 165 cm³/mol. The van der Waals surface area contributed by atoms with E-state index >= 15 is 0 Å². The zero-order valence-electron chi connectivity index (χ0n) is 24.3. The van der Waals surface area contributed by atoms with Gasteiger partial charge in [-0.15, -0.1) is 0 Å². The van der Waals surface area contributed by atoms with Gasteiger partial charge < -0.3 is 29.4 Å². The molecule has 0 bridgehead atoms. The normalized spacial score (nSPS) is 24.3. The average Bonchev–Trinajstić information content (AvgIpc) is 3.17. The van der Waals surface area contributed by atoms with Crippen LogP contribution in [0.1, 0.15) is 57.4 Å². The summed E-state index contributed by atoms with van der Waals surface area (Å²) in [6, 6.07) is 3.65. The first-order valence-corrected chi connectivity index (χ1v) is 15.5. The first-order valence-electron chi connectivity index (χ1n) is 14.4. The zero-order chi connectivity index (χ0) is 30.6. The first-order chi connectivity index (χ1) is 20.0. The number of halogens is 1. The summed E-state index contributed by atoms with van der Waals surface area (Å²) in [4.78, 5) is 39.2. The fourth-order valence-corrected chi connectivity index (χ4v) is 7.25. The van der Waals surface area contributed by atoms with Gasteiger partial charge in [0, 0.05) is 20.1 Å². The molecule has 0 radical (unpaired) electrons. The van der Waals surface area contributed by atoms with Gasteiger partial charge in [-0.05, 0) is 103 Å². The molecule has 0 spiro atoms. The van der Waals surface area contributed by atoms with E-state index in [0.29, 0.717) is 54.5 Å². The number of methoxy groups -OCH3 is 2. The fraction of sp³-hybridized carbons (Fsp3) is 0.567. The molecule has 1 aromatic rings. The highest BCUT2D eigenvalue weighted by Crippen LogP contribution is 2.50. The molecule has 3 aliphatic rings. The number of carbonyl (C=O) groups excluding carboxylic acids is 2. The Kier molecular flexibility index (Phi) is 11.1. The van der Waals surface area contributed by atoms with Crippen molar-refractivity contribution in [3.8, 4) is 11.5 Å². The highest BCUT2D eigenvalue weighted by Gasteiger charge is 2.57. The van der Waals surface area contributed by atoms with E-state index in [1.807, 2.05) is 19.1 Å². The van der Waals surface area contributed by atoms with Gasteiger partial charge in [0.25, 0.3) is 0 Å². The van der Waals surface area contributed by atoms with Crippen molar-refractivity contribution in [2.45, 2.75) is 64.3 Å². The van der Waals surface area contributed by atoms with Gasteiger partial charge in [-0.3, -0.25) is 19.3 Å². The van der Waals surface area contributed by atoms with Crippen molar-refractivity contribution in [3.05, 3.63) is 38.0 Å². The lowest BCUT2D eigenvalue weighted by atomic mass is 9.58. The summed E-state index contributed by atoms with van der Waals surface area (Å²) in [6.45, 7) is 2.61. The van der Waals surface area contributed by atoms with Crippen LogP contribution in [-0.4, -0.2) is 78.5 Å². The highest BCUT2D eigenvalue weighted by atomic mass is 127. The van der Waals surface area contributed by atoms with Crippen LogP contribution < -0.4 is 4.74 Å². The number of hydrogen-bond donors (Lipinski definition) is 3. The molecule has 2 amide bonds. The van der Waals surface area contributed by atoms with Crippen LogP contribution in [0.3, 0.4) is 0 Å². The maximum atomic E-state index is 13.6. The number of aromatic hydroxyl groups is 1. The third-order valence-electron chi connectivity index (χ3n) is 8.47. The number of ether oxygens (including phenoxy) is 2. The molecular formula is C30H39BINO9. The van der Waals surface area contributed by atoms with Crippen LogP contribution in [0.2, 0.25) is 6.32 Å². The van der Waals surface area contributed by atoms with Crippen molar-refractivity contribution in [2.24, 2.45) is 17.8 Å². The van der Waals surface area contributed by atoms with Gasteiger partial charge in [0.1, 0.15) is 0 Å². The van der Waals surface area contributed by atoms with Gasteiger partial charge in [0.2, 0.25) is 11.8 Å². The van der Waals surface area contributed by atoms with Gasteiger partial charge in [0.05, 0.1) is 35.2 Å². The molecule has 2 fully saturated rings. The standard InChI is InChI=1S/C30H39BINO9/c1-17(11-18-12-22(32)28(36)24(13-18)41-3)8-9-23-26-19(16-40-2)14-20-27(21(26)15-31(39)42-23)30(38)33(29(20)37)10-6-4-5-7-25(34)35/h11-13,20-21,23,27,36,39H,4-10,14-16H2,1-3H3,(H,34,35)/b17-11+/t20-,21+,23-,27-/m1/s1. The number of unbranched alkanes of at least 4 members (excludes halogenated alkanes) is 2. The molecule has 1 aromatic carbocycles. The smallest absolute Gasteiger partial charge is 0.455 e. The average molecular weight is 695 g/mol. The van der Waals surface area contributed by atoms with Crippen LogP contribution in [0.15, 0.2) is 28.9 Å². The Hall–Kier alpha value is -2.42. The van der Waals surface area contributed by atoms with Gasteiger partial charge in [-0.25, -0.2) is 0 Å². The molecule has 228 valence electrons. The predicted octanol–water partition coefficient (Wildman–Crippen LogP) is 4.28. The van der Waals surface area contributed by atoms with Crippen LogP contribution in [0.4, 0.5) is 0 Å². The molecule has 0 saturated carbocycles. The molecule has 2 aliphatic heterocycles. The highest BCUT2D eigenvalue weighted by molar-refractivity contribution is 14.1. The number of carbonyl (C=O) groups is 3. The molecule has 12 heteroatoms. The molecule has 4 atom stereocenters. The summed E-state index contributed by atoms with van der Waals surface area (Å²) in [5.41, 5.74) is 3.90. The minimum Gasteiger partial charge on any atom is -0.504 e. The van der Waals surface area contributed by atoms with Crippen molar-refractivity contribution in [1.29, 1.82) is 0 Å². The van der Waals surface area contributed by atoms with E-state index in [1.54, 1.807) is 13.2 Å². The number of allylic oxidation sites excluding steroid dienone is 1. The summed E-state index contributed by atoms with van der Waals surface area (Å²) in [7, 11) is 2.07. The largest absolute Gasteiger partial charge is 0.504 e. The monoisotopic (exact) mass is 695 g/mol. The lowest BCUT2D eigenvalue weighted by Gasteiger charge is -2.43. The van der Waals surface area contributed by atoms with Crippen LogP contribution >= 0.6 is 22.6 Å². The lowest BCUT2D eigenvalue weighted by molar-refractivity contribution is -0.141. The maximum absolute atomic E-state index is 13.6. The van der Waals surface area contributed by atoms with Crippen molar-refractivity contribution in [3.63, 3.8) is 0 Å². The number of amides is 2. The minimum atomic E-state index is -1.05. The number of fused-ring (bicyclic) bond motifs is 3. The van der Waals surface area contributed by atoms with E-state index in [1.165, 1.54) is 12.0 Å². The third-order valence-corrected chi connectivity index (χ3v) is 9.30. The summed E-state index contributed by atoms with van der Waals surface area (Å²) < 4.78 is 17.5. The number of carboxylic acid groups (broad SMARTS) is 1. The topological polar surface area (TPSA) is 143 Å². The van der Waals surface area contributed by atoms with Crippen molar-refractivity contribution in [2.75, 3.05) is 27.4 Å². The first kappa shape index (κ1) is 32.5. The van der Waals surface area contributed by atoms with E-state index in [4.69, 9.17) is 19.2 Å². The van der Waals surface area contributed by atoms with Gasteiger partial charge in [0.15, 0.2) is 11.5 Å². The van der Waals surface area contributed by atoms with Crippen molar-refractivity contribution < 1.29 is 43.7 Å². The number of hydrogen-bond acceptors (Lipinski definition) is 8. The number of carboxylic acids is 1. The van der Waals surface area contributed by atoms with Crippen molar-refractivity contribution in [1.82, 2.24) is 4.90 Å². The third kappa shape index (κ3) is 7.20. The Bertz CT molecular complexity index is 1270. The number of aliphatic carboxylic acids is 1. The SMILES string of the molecule is COCC1=C2[C@@H](CC/C(C)=C/c3cc(I)c(O)c(OC)c3)OB(O)C[C@@H]2[C@@H]2C(=O)N(CCCCCC(=O)O)C(=O)[C@@H]2C1. The van der Waals surface area contributed by atoms with Gasteiger partial charge >= 0.3 is 13.1 Å². The molecule has 0 unspecified atom stereocenters. The number of phenolic OH excluding ortho intramolecular Hbond substituents is 1. The van der Waals surface area contributed by atoms with Gasteiger partial charge in [-0.2, -0.15) is 0 Å². The van der Waals surface area contributed by atoms with Gasteiger partial charge in [-0.1, -0.05) is 18.1 Å². The van der Waals surface area contributed by atoms with E-state index in [9.17, 15) is 24.5 Å². The Morgan fingerprint density at radius 2 is 1.93 bits per heavy atom. The number of nitrogens with zero attached hydrogens (tertiary/aromatic N) is 1. The number of imide groups is 1. The number of benzene rings is 1. The van der Waals surface area contributed by atoms with E-state index < -0.39 is 31.0 Å².